The van der Waals surface area contributed by atoms with Crippen LogP contribution >= 0.6 is 0 Å². The molecule has 0 bridgehead atoms. The van der Waals surface area contributed by atoms with Crippen molar-refractivity contribution in [2.75, 3.05) is 0 Å². The predicted octanol–water partition coefficient (Wildman–Crippen LogP) is 1.99. The van der Waals surface area contributed by atoms with Crippen molar-refractivity contribution in [1.82, 2.24) is 0 Å². The number of carbonyl (C=O) groups is 4. The molecule has 0 N–H and O–H groups in total. The minimum atomic E-state index is -0.604. The fraction of sp³-hybridized carbons (Fsp3) is 0.444. The Morgan fingerprint density at radius 3 is 2.62 bits per heavy atom. The normalized spacial score (nSPS) is 28.9. The zero-order valence-corrected chi connectivity index (χ0v) is 13.5. The predicted molar refractivity (Wildman–Crippen MR) is 81.8 cm³/mol. The van der Waals surface area contributed by atoms with Crippen molar-refractivity contribution in [3.63, 3.8) is 0 Å². The monoisotopic (exact) mass is 330 g/mol. The quantitative estimate of drug-likeness (QED) is 0.478. The zero-order chi connectivity index (χ0) is 17.4. The van der Waals surface area contributed by atoms with Gasteiger partial charge in [-0.2, -0.15) is 0 Å². The van der Waals surface area contributed by atoms with Gasteiger partial charge in [0.05, 0.1) is 18.3 Å². The zero-order valence-electron chi connectivity index (χ0n) is 13.5. The summed E-state index contributed by atoms with van der Waals surface area (Å²) >= 11 is 0. The van der Waals surface area contributed by atoms with Crippen LogP contribution in [0.2, 0.25) is 0 Å². The third-order valence-electron chi connectivity index (χ3n) is 5.10. The molecule has 0 spiro atoms. The Kier molecular flexibility index (Phi) is 4.22. The molecule has 4 unspecified atom stereocenters. The third-order valence-corrected chi connectivity index (χ3v) is 5.10. The van der Waals surface area contributed by atoms with Crippen molar-refractivity contribution < 1.29 is 28.7 Å². The van der Waals surface area contributed by atoms with Crippen LogP contribution in [0.1, 0.15) is 48.3 Å². The summed E-state index contributed by atoms with van der Waals surface area (Å²) in [7, 11) is 0. The average molecular weight is 330 g/mol. The van der Waals surface area contributed by atoms with Crippen molar-refractivity contribution in [2.24, 2.45) is 11.8 Å². The van der Waals surface area contributed by atoms with E-state index in [2.05, 4.69) is 9.47 Å². The molecule has 2 aliphatic rings. The van der Waals surface area contributed by atoms with E-state index >= 15 is 0 Å². The van der Waals surface area contributed by atoms with Crippen molar-refractivity contribution in [1.29, 1.82) is 0 Å². The van der Waals surface area contributed by atoms with Gasteiger partial charge in [0, 0.05) is 0 Å². The fourth-order valence-corrected chi connectivity index (χ4v) is 3.86. The second-order valence-corrected chi connectivity index (χ2v) is 6.51. The first kappa shape index (κ1) is 16.4. The largest absolute Gasteiger partial charge is 0.395 e. The summed E-state index contributed by atoms with van der Waals surface area (Å²) in [5, 5.41) is 0. The lowest BCUT2D eigenvalue weighted by atomic mass is 9.66. The molecule has 1 aliphatic heterocycles. The summed E-state index contributed by atoms with van der Waals surface area (Å²) < 4.78 is 9.24. The molecule has 24 heavy (non-hydrogen) atoms. The number of hydrogen-bond donors (Lipinski definition) is 0. The highest BCUT2D eigenvalue weighted by molar-refractivity contribution is 5.95. The molecule has 6 heteroatoms. The maximum Gasteiger partial charge on any atom is 0.317 e. The number of esters is 3. The second kappa shape index (κ2) is 6.19. The number of fused-ring (bicyclic) bond motifs is 1. The van der Waals surface area contributed by atoms with Crippen LogP contribution in [0, 0.1) is 18.8 Å². The molecular weight excluding hydrogens is 312 g/mol. The van der Waals surface area contributed by atoms with Gasteiger partial charge in [-0.1, -0.05) is 30.7 Å². The van der Waals surface area contributed by atoms with E-state index in [1.54, 1.807) is 0 Å². The smallest absolute Gasteiger partial charge is 0.317 e. The molecule has 0 aromatic heterocycles. The van der Waals surface area contributed by atoms with Gasteiger partial charge in [-0.25, -0.2) is 0 Å². The summed E-state index contributed by atoms with van der Waals surface area (Å²) in [6.07, 6.45) is 0.359. The number of benzene rings is 1. The van der Waals surface area contributed by atoms with Crippen LogP contribution in [-0.2, 0) is 28.7 Å². The Hall–Kier alpha value is -2.50. The lowest BCUT2D eigenvalue weighted by molar-refractivity contribution is -0.158. The number of ether oxygens (including phenoxy) is 2. The van der Waals surface area contributed by atoms with E-state index in [1.165, 1.54) is 0 Å². The molecule has 1 aliphatic carbocycles. The summed E-state index contributed by atoms with van der Waals surface area (Å²) in [4.78, 5) is 46.2. The Morgan fingerprint density at radius 1 is 1.25 bits per heavy atom. The molecule has 6 nitrogen and oxygen atoms in total. The summed E-state index contributed by atoms with van der Waals surface area (Å²) in [5.41, 5.74) is 2.94. The van der Waals surface area contributed by atoms with Crippen LogP contribution < -0.4 is 0 Å². The van der Waals surface area contributed by atoms with Gasteiger partial charge < -0.3 is 9.47 Å². The number of rotatable bonds is 3. The van der Waals surface area contributed by atoms with Crippen molar-refractivity contribution in [2.45, 2.75) is 38.5 Å². The first-order chi connectivity index (χ1) is 11.4. The SMILES string of the molecule is Cc1ccc2c(c1)C(C)C(C(=O)OC=O)CC2C1CC(=O)OC1=O. The molecule has 1 aromatic carbocycles. The molecule has 1 heterocycles. The second-order valence-electron chi connectivity index (χ2n) is 6.51. The third kappa shape index (κ3) is 2.72. The number of aryl methyl sites for hydroxylation is 1. The van der Waals surface area contributed by atoms with Gasteiger partial charge in [0.1, 0.15) is 0 Å². The molecule has 126 valence electrons. The fourth-order valence-electron chi connectivity index (χ4n) is 3.86. The summed E-state index contributed by atoms with van der Waals surface area (Å²) in [5.74, 6) is -3.28. The molecule has 1 aromatic rings. The van der Waals surface area contributed by atoms with Crippen molar-refractivity contribution >= 4 is 24.4 Å². The lowest BCUT2D eigenvalue weighted by Crippen LogP contribution is -2.33. The highest BCUT2D eigenvalue weighted by atomic mass is 16.6. The van der Waals surface area contributed by atoms with Gasteiger partial charge in [0.2, 0.25) is 0 Å². The number of carbonyl (C=O) groups excluding carboxylic acids is 4. The van der Waals surface area contributed by atoms with E-state index in [4.69, 9.17) is 0 Å². The van der Waals surface area contributed by atoms with Crippen LogP contribution in [0.4, 0.5) is 0 Å². The molecule has 4 atom stereocenters. The highest BCUT2D eigenvalue weighted by Gasteiger charge is 2.46. The van der Waals surface area contributed by atoms with Gasteiger partial charge >= 0.3 is 24.4 Å². The van der Waals surface area contributed by atoms with Gasteiger partial charge in [0.15, 0.2) is 0 Å². The van der Waals surface area contributed by atoms with E-state index in [1.807, 2.05) is 32.0 Å². The first-order valence-electron chi connectivity index (χ1n) is 7.91. The van der Waals surface area contributed by atoms with Gasteiger partial charge in [0.25, 0.3) is 0 Å². The van der Waals surface area contributed by atoms with Crippen molar-refractivity contribution in [3.05, 3.63) is 34.9 Å². The van der Waals surface area contributed by atoms with E-state index in [0.717, 1.165) is 16.7 Å². The van der Waals surface area contributed by atoms with Gasteiger partial charge in [-0.05, 0) is 36.3 Å². The number of cyclic esters (lactones) is 2. The van der Waals surface area contributed by atoms with E-state index < -0.39 is 29.7 Å². The van der Waals surface area contributed by atoms with E-state index in [-0.39, 0.29) is 24.7 Å². The minimum Gasteiger partial charge on any atom is -0.395 e. The van der Waals surface area contributed by atoms with E-state index in [9.17, 15) is 19.2 Å². The molecule has 1 fully saturated rings. The molecule has 3 rings (SSSR count). The average Bonchev–Trinajstić information content (AvgIpc) is 2.87. The minimum absolute atomic E-state index is 0.0145. The molecule has 1 saturated heterocycles. The number of hydrogen-bond acceptors (Lipinski definition) is 6. The summed E-state index contributed by atoms with van der Waals surface area (Å²) in [6.45, 7) is 3.98. The van der Waals surface area contributed by atoms with E-state index in [0.29, 0.717) is 6.42 Å². The Balaban J connectivity index is 2.03. The molecular formula is C18H18O6. The molecule has 0 radical (unpaired) electrons. The van der Waals surface area contributed by atoms with Crippen LogP contribution in [0.15, 0.2) is 18.2 Å². The highest BCUT2D eigenvalue weighted by Crippen LogP contribution is 2.48. The molecule has 0 amide bonds. The maximum absolute atomic E-state index is 12.2. The molecule has 0 saturated carbocycles. The Labute approximate surface area is 139 Å². The Bertz CT molecular complexity index is 722. The van der Waals surface area contributed by atoms with Crippen LogP contribution in [-0.4, -0.2) is 24.4 Å². The van der Waals surface area contributed by atoms with Crippen LogP contribution in [0.25, 0.3) is 0 Å². The Morgan fingerprint density at radius 2 is 2.00 bits per heavy atom. The lowest BCUT2D eigenvalue weighted by Gasteiger charge is -2.36. The van der Waals surface area contributed by atoms with Crippen LogP contribution in [0.5, 0.6) is 0 Å². The van der Waals surface area contributed by atoms with Gasteiger partial charge in [-0.15, -0.1) is 0 Å². The topological polar surface area (TPSA) is 86.7 Å². The van der Waals surface area contributed by atoms with Crippen LogP contribution in [0.3, 0.4) is 0 Å². The summed E-state index contributed by atoms with van der Waals surface area (Å²) in [6, 6.07) is 5.88. The maximum atomic E-state index is 12.2. The standard InChI is InChI=1S/C18H18O6/c1-9-3-4-11-12(5-9)10(2)13(17(21)23-8-19)6-14(11)15-7-16(20)24-18(15)22/h3-5,8,10,13-15H,6-7H2,1-2H3. The first-order valence-corrected chi connectivity index (χ1v) is 7.91. The van der Waals surface area contributed by atoms with Crippen molar-refractivity contribution in [3.8, 4) is 0 Å². The van der Waals surface area contributed by atoms with Gasteiger partial charge in [-0.3, -0.25) is 19.2 Å².